The van der Waals surface area contributed by atoms with Gasteiger partial charge in [0.25, 0.3) is 0 Å². The van der Waals surface area contributed by atoms with Crippen LogP contribution in [0.15, 0.2) is 24.3 Å². The number of morpholine rings is 1. The van der Waals surface area contributed by atoms with Crippen molar-refractivity contribution in [2.45, 2.75) is 12.5 Å². The average Bonchev–Trinajstić information content (AvgIpc) is 2.31. The predicted octanol–water partition coefficient (Wildman–Crippen LogP) is 1.46. The SMILES string of the molecule is COCC1(c2ccc(C)cc2)COCCN1. The van der Waals surface area contributed by atoms with Crippen LogP contribution in [0.3, 0.4) is 0 Å². The summed E-state index contributed by atoms with van der Waals surface area (Å²) in [5.41, 5.74) is 2.33. The van der Waals surface area contributed by atoms with Crippen LogP contribution in [0.5, 0.6) is 0 Å². The lowest BCUT2D eigenvalue weighted by Crippen LogP contribution is -2.54. The van der Waals surface area contributed by atoms with Crippen LogP contribution in [0.1, 0.15) is 11.1 Å². The van der Waals surface area contributed by atoms with E-state index in [0.717, 1.165) is 13.2 Å². The molecule has 0 aromatic heterocycles. The first-order chi connectivity index (χ1) is 7.77. The van der Waals surface area contributed by atoms with Crippen LogP contribution < -0.4 is 5.32 Å². The Labute approximate surface area is 96.8 Å². The fraction of sp³-hybridized carbons (Fsp3) is 0.538. The van der Waals surface area contributed by atoms with Crippen molar-refractivity contribution in [3.8, 4) is 0 Å². The number of hydrogen-bond acceptors (Lipinski definition) is 3. The number of rotatable bonds is 3. The summed E-state index contributed by atoms with van der Waals surface area (Å²) in [7, 11) is 1.73. The second-order valence-corrected chi connectivity index (χ2v) is 4.36. The summed E-state index contributed by atoms with van der Waals surface area (Å²) in [4.78, 5) is 0. The van der Waals surface area contributed by atoms with Crippen LogP contribution in [-0.4, -0.2) is 33.5 Å². The summed E-state index contributed by atoms with van der Waals surface area (Å²) >= 11 is 0. The molecule has 3 heteroatoms. The van der Waals surface area contributed by atoms with Gasteiger partial charge in [0.05, 0.1) is 25.4 Å². The van der Waals surface area contributed by atoms with Gasteiger partial charge in [0.2, 0.25) is 0 Å². The Kier molecular flexibility index (Phi) is 3.59. The van der Waals surface area contributed by atoms with Crippen molar-refractivity contribution in [2.75, 3.05) is 33.5 Å². The first-order valence-corrected chi connectivity index (χ1v) is 5.66. The Morgan fingerprint density at radius 1 is 1.38 bits per heavy atom. The van der Waals surface area contributed by atoms with Crippen molar-refractivity contribution in [3.63, 3.8) is 0 Å². The molecule has 1 N–H and O–H groups in total. The van der Waals surface area contributed by atoms with Crippen LogP contribution in [0.2, 0.25) is 0 Å². The molecule has 0 spiro atoms. The number of benzene rings is 1. The van der Waals surface area contributed by atoms with E-state index in [1.54, 1.807) is 7.11 Å². The fourth-order valence-electron chi connectivity index (χ4n) is 2.14. The van der Waals surface area contributed by atoms with E-state index >= 15 is 0 Å². The third-order valence-corrected chi connectivity index (χ3v) is 3.05. The Morgan fingerprint density at radius 2 is 2.12 bits per heavy atom. The molecule has 1 fully saturated rings. The van der Waals surface area contributed by atoms with Gasteiger partial charge in [-0.1, -0.05) is 29.8 Å². The minimum atomic E-state index is -0.180. The van der Waals surface area contributed by atoms with Crippen LogP contribution in [-0.2, 0) is 15.0 Å². The van der Waals surface area contributed by atoms with E-state index in [1.165, 1.54) is 11.1 Å². The minimum Gasteiger partial charge on any atom is -0.382 e. The molecular formula is C13H19NO2. The van der Waals surface area contributed by atoms with Gasteiger partial charge in [-0.3, -0.25) is 0 Å². The summed E-state index contributed by atoms with van der Waals surface area (Å²) in [5.74, 6) is 0. The van der Waals surface area contributed by atoms with Gasteiger partial charge in [-0.15, -0.1) is 0 Å². The largest absolute Gasteiger partial charge is 0.382 e. The van der Waals surface area contributed by atoms with Gasteiger partial charge in [0.15, 0.2) is 0 Å². The second-order valence-electron chi connectivity index (χ2n) is 4.36. The maximum Gasteiger partial charge on any atom is 0.0909 e. The zero-order chi connectivity index (χ0) is 11.4. The molecule has 3 nitrogen and oxygen atoms in total. The van der Waals surface area contributed by atoms with Crippen molar-refractivity contribution in [1.29, 1.82) is 0 Å². The zero-order valence-corrected chi connectivity index (χ0v) is 9.95. The van der Waals surface area contributed by atoms with E-state index < -0.39 is 0 Å². The summed E-state index contributed by atoms with van der Waals surface area (Å²) in [5, 5.41) is 3.52. The minimum absolute atomic E-state index is 0.180. The Morgan fingerprint density at radius 3 is 2.69 bits per heavy atom. The highest BCUT2D eigenvalue weighted by molar-refractivity contribution is 5.29. The van der Waals surface area contributed by atoms with Gasteiger partial charge < -0.3 is 14.8 Å². The molecule has 1 saturated heterocycles. The van der Waals surface area contributed by atoms with E-state index in [0.29, 0.717) is 13.2 Å². The number of aryl methyl sites for hydroxylation is 1. The van der Waals surface area contributed by atoms with Gasteiger partial charge in [0.1, 0.15) is 0 Å². The van der Waals surface area contributed by atoms with Gasteiger partial charge in [-0.2, -0.15) is 0 Å². The van der Waals surface area contributed by atoms with Gasteiger partial charge >= 0.3 is 0 Å². The first-order valence-electron chi connectivity index (χ1n) is 5.66. The fourth-order valence-corrected chi connectivity index (χ4v) is 2.14. The number of hydrogen-bond donors (Lipinski definition) is 1. The molecule has 1 unspecified atom stereocenters. The molecule has 1 heterocycles. The standard InChI is InChI=1S/C13H19NO2/c1-11-3-5-12(6-4-11)13(9-15-2)10-16-8-7-14-13/h3-6,14H,7-10H2,1-2H3. The molecule has 1 aliphatic heterocycles. The Bertz CT molecular complexity index is 323. The predicted molar refractivity (Wildman–Crippen MR) is 63.6 cm³/mol. The van der Waals surface area contributed by atoms with Crippen LogP contribution in [0.25, 0.3) is 0 Å². The average molecular weight is 221 g/mol. The van der Waals surface area contributed by atoms with E-state index in [2.05, 4.69) is 36.5 Å². The molecule has 0 bridgehead atoms. The number of ether oxygens (including phenoxy) is 2. The lowest BCUT2D eigenvalue weighted by atomic mass is 9.90. The van der Waals surface area contributed by atoms with E-state index in [4.69, 9.17) is 9.47 Å². The molecule has 0 saturated carbocycles. The Hall–Kier alpha value is -0.900. The van der Waals surface area contributed by atoms with Crippen LogP contribution >= 0.6 is 0 Å². The summed E-state index contributed by atoms with van der Waals surface area (Å²) in [6, 6.07) is 8.55. The molecule has 1 aromatic rings. The van der Waals surface area contributed by atoms with Crippen molar-refractivity contribution < 1.29 is 9.47 Å². The molecule has 16 heavy (non-hydrogen) atoms. The highest BCUT2D eigenvalue weighted by Crippen LogP contribution is 2.24. The first kappa shape index (κ1) is 11.6. The van der Waals surface area contributed by atoms with E-state index in [9.17, 15) is 0 Å². The van der Waals surface area contributed by atoms with Crippen LogP contribution in [0, 0.1) is 6.92 Å². The number of nitrogens with one attached hydrogen (secondary N) is 1. The third-order valence-electron chi connectivity index (χ3n) is 3.05. The second kappa shape index (κ2) is 4.95. The summed E-state index contributed by atoms with van der Waals surface area (Å²) in [6.45, 7) is 5.05. The highest BCUT2D eigenvalue weighted by atomic mass is 16.5. The summed E-state index contributed by atoms with van der Waals surface area (Å²) in [6.07, 6.45) is 0. The molecule has 0 amide bonds. The molecule has 1 atom stereocenters. The van der Waals surface area contributed by atoms with Crippen LogP contribution in [0.4, 0.5) is 0 Å². The molecule has 0 aliphatic carbocycles. The van der Waals surface area contributed by atoms with E-state index in [1.807, 2.05) is 0 Å². The molecule has 2 rings (SSSR count). The van der Waals surface area contributed by atoms with Crippen molar-refractivity contribution in [2.24, 2.45) is 0 Å². The molecule has 0 radical (unpaired) electrons. The van der Waals surface area contributed by atoms with E-state index in [-0.39, 0.29) is 5.54 Å². The maximum absolute atomic E-state index is 5.58. The van der Waals surface area contributed by atoms with Gasteiger partial charge in [-0.05, 0) is 12.5 Å². The maximum atomic E-state index is 5.58. The van der Waals surface area contributed by atoms with Crippen molar-refractivity contribution >= 4 is 0 Å². The lowest BCUT2D eigenvalue weighted by molar-refractivity contribution is -0.0147. The normalized spacial score (nSPS) is 25.6. The summed E-state index contributed by atoms with van der Waals surface area (Å²) < 4.78 is 10.9. The van der Waals surface area contributed by atoms with Crippen molar-refractivity contribution in [3.05, 3.63) is 35.4 Å². The van der Waals surface area contributed by atoms with Gasteiger partial charge in [0, 0.05) is 13.7 Å². The highest BCUT2D eigenvalue weighted by Gasteiger charge is 2.34. The molecule has 88 valence electrons. The number of methoxy groups -OCH3 is 1. The Balaban J connectivity index is 2.26. The molecule has 1 aromatic carbocycles. The molecular weight excluding hydrogens is 202 g/mol. The zero-order valence-electron chi connectivity index (χ0n) is 9.95. The smallest absolute Gasteiger partial charge is 0.0909 e. The van der Waals surface area contributed by atoms with Gasteiger partial charge in [-0.25, -0.2) is 0 Å². The third kappa shape index (κ3) is 2.26. The molecule has 1 aliphatic rings. The van der Waals surface area contributed by atoms with Crippen molar-refractivity contribution in [1.82, 2.24) is 5.32 Å². The quantitative estimate of drug-likeness (QED) is 0.838. The topological polar surface area (TPSA) is 30.5 Å². The monoisotopic (exact) mass is 221 g/mol. The lowest BCUT2D eigenvalue weighted by Gasteiger charge is -2.38.